The fraction of sp³-hybridized carbons (Fsp3) is 0.333. The van der Waals surface area contributed by atoms with E-state index in [9.17, 15) is 0 Å². The molecule has 0 unspecified atom stereocenters. The summed E-state index contributed by atoms with van der Waals surface area (Å²) in [4.78, 5) is 0. The molecule has 62 valence electrons. The van der Waals surface area contributed by atoms with Gasteiger partial charge in [-0.3, -0.25) is 0 Å². The third-order valence-electron chi connectivity index (χ3n) is 1.19. The molecule has 11 heavy (non-hydrogen) atoms. The minimum Gasteiger partial charge on any atom is -0.495 e. The lowest BCUT2D eigenvalue weighted by Crippen LogP contribution is -2.02. The Kier molecular flexibility index (Phi) is 4.99. The van der Waals surface area contributed by atoms with Crippen molar-refractivity contribution in [3.05, 3.63) is 36.3 Å². The first-order chi connectivity index (χ1) is 5.26. The SMILES string of the molecule is C=C/C=C(N)\C(=C/CC)OC. The third-order valence-corrected chi connectivity index (χ3v) is 1.19. The maximum Gasteiger partial charge on any atom is 0.137 e. The predicted molar refractivity (Wildman–Crippen MR) is 47.9 cm³/mol. The van der Waals surface area contributed by atoms with Crippen molar-refractivity contribution < 1.29 is 4.74 Å². The Morgan fingerprint density at radius 2 is 2.27 bits per heavy atom. The fourth-order valence-corrected chi connectivity index (χ4v) is 0.714. The maximum atomic E-state index is 5.62. The van der Waals surface area contributed by atoms with Crippen molar-refractivity contribution in [2.24, 2.45) is 5.73 Å². The molecule has 0 atom stereocenters. The van der Waals surface area contributed by atoms with Gasteiger partial charge in [0.05, 0.1) is 12.8 Å². The lowest BCUT2D eigenvalue weighted by atomic mass is 10.3. The number of ether oxygens (including phenoxy) is 1. The topological polar surface area (TPSA) is 35.2 Å². The number of methoxy groups -OCH3 is 1. The van der Waals surface area contributed by atoms with Crippen LogP contribution < -0.4 is 5.73 Å². The van der Waals surface area contributed by atoms with Crippen LogP contribution in [0.15, 0.2) is 36.3 Å². The van der Waals surface area contributed by atoms with E-state index in [0.29, 0.717) is 11.5 Å². The summed E-state index contributed by atoms with van der Waals surface area (Å²) < 4.78 is 5.03. The molecule has 0 rings (SSSR count). The molecule has 0 radical (unpaired) electrons. The van der Waals surface area contributed by atoms with Crippen LogP contribution in [0.3, 0.4) is 0 Å². The zero-order chi connectivity index (χ0) is 8.69. The van der Waals surface area contributed by atoms with Gasteiger partial charge in [-0.1, -0.05) is 19.6 Å². The predicted octanol–water partition coefficient (Wildman–Crippen LogP) is 1.96. The van der Waals surface area contributed by atoms with Gasteiger partial charge in [0.25, 0.3) is 0 Å². The highest BCUT2D eigenvalue weighted by Gasteiger charge is 1.96. The van der Waals surface area contributed by atoms with Crippen LogP contribution in [0.5, 0.6) is 0 Å². The Hall–Kier alpha value is -1.18. The van der Waals surface area contributed by atoms with Crippen LogP contribution in [-0.2, 0) is 4.74 Å². The van der Waals surface area contributed by atoms with Gasteiger partial charge in [-0.15, -0.1) is 0 Å². The van der Waals surface area contributed by atoms with Crippen molar-refractivity contribution >= 4 is 0 Å². The van der Waals surface area contributed by atoms with Crippen molar-refractivity contribution in [1.29, 1.82) is 0 Å². The van der Waals surface area contributed by atoms with Crippen LogP contribution >= 0.6 is 0 Å². The van der Waals surface area contributed by atoms with Gasteiger partial charge in [-0.2, -0.15) is 0 Å². The summed E-state index contributed by atoms with van der Waals surface area (Å²) in [5.74, 6) is 0.715. The van der Waals surface area contributed by atoms with Crippen LogP contribution in [0, 0.1) is 0 Å². The molecule has 0 heterocycles. The largest absolute Gasteiger partial charge is 0.495 e. The Balaban J connectivity index is 4.37. The van der Waals surface area contributed by atoms with Crippen molar-refractivity contribution in [2.45, 2.75) is 13.3 Å². The summed E-state index contributed by atoms with van der Waals surface area (Å²) in [5, 5.41) is 0. The zero-order valence-corrected chi connectivity index (χ0v) is 7.13. The normalized spacial score (nSPS) is 12.9. The van der Waals surface area contributed by atoms with Crippen LogP contribution in [-0.4, -0.2) is 7.11 Å². The number of hydrogen-bond acceptors (Lipinski definition) is 2. The molecule has 0 aromatic heterocycles. The highest BCUT2D eigenvalue weighted by atomic mass is 16.5. The van der Waals surface area contributed by atoms with Crippen molar-refractivity contribution in [1.82, 2.24) is 0 Å². The number of allylic oxidation sites excluding steroid dienone is 3. The first kappa shape index (κ1) is 9.82. The Morgan fingerprint density at radius 3 is 2.64 bits per heavy atom. The number of hydrogen-bond donors (Lipinski definition) is 1. The van der Waals surface area contributed by atoms with Crippen LogP contribution in [0.4, 0.5) is 0 Å². The first-order valence-electron chi connectivity index (χ1n) is 3.59. The van der Waals surface area contributed by atoms with E-state index in [4.69, 9.17) is 10.5 Å². The lowest BCUT2D eigenvalue weighted by Gasteiger charge is -2.04. The molecular formula is C9H15NO. The Bertz CT molecular complexity index is 180. The van der Waals surface area contributed by atoms with Gasteiger partial charge in [-0.05, 0) is 18.6 Å². The van der Waals surface area contributed by atoms with Crippen molar-refractivity contribution in [2.75, 3.05) is 7.11 Å². The van der Waals surface area contributed by atoms with Crippen molar-refractivity contribution in [3.8, 4) is 0 Å². The fourth-order valence-electron chi connectivity index (χ4n) is 0.714. The summed E-state index contributed by atoms with van der Waals surface area (Å²) in [6.07, 6.45) is 6.19. The number of rotatable bonds is 4. The molecule has 2 N–H and O–H groups in total. The molecule has 0 spiro atoms. The number of nitrogens with two attached hydrogens (primary N) is 1. The van der Waals surface area contributed by atoms with Gasteiger partial charge in [0.1, 0.15) is 5.76 Å². The second-order valence-electron chi connectivity index (χ2n) is 2.04. The van der Waals surface area contributed by atoms with E-state index in [1.807, 2.05) is 13.0 Å². The van der Waals surface area contributed by atoms with E-state index in [-0.39, 0.29) is 0 Å². The van der Waals surface area contributed by atoms with Gasteiger partial charge < -0.3 is 10.5 Å². The lowest BCUT2D eigenvalue weighted by molar-refractivity contribution is 0.298. The van der Waals surface area contributed by atoms with Crippen LogP contribution in [0.2, 0.25) is 0 Å². The molecule has 2 heteroatoms. The molecule has 0 aliphatic carbocycles. The zero-order valence-electron chi connectivity index (χ0n) is 7.13. The minimum atomic E-state index is 0.615. The van der Waals surface area contributed by atoms with E-state index in [1.54, 1.807) is 19.3 Å². The van der Waals surface area contributed by atoms with Crippen LogP contribution in [0.25, 0.3) is 0 Å². The molecule has 0 aliphatic rings. The summed E-state index contributed by atoms with van der Waals surface area (Å²) >= 11 is 0. The standard InChI is InChI=1S/C9H15NO/c1-4-6-8(10)9(11-3)7-5-2/h4,6-7H,1,5,10H2,2-3H3/b8-6+,9-7+. The highest BCUT2D eigenvalue weighted by Crippen LogP contribution is 2.05. The molecule has 0 aliphatic heterocycles. The minimum absolute atomic E-state index is 0.615. The molecule has 0 aromatic rings. The summed E-state index contributed by atoms with van der Waals surface area (Å²) in [7, 11) is 1.60. The molecule has 0 amide bonds. The maximum absolute atomic E-state index is 5.62. The average Bonchev–Trinajstić information content (AvgIpc) is 2.00. The quantitative estimate of drug-likeness (QED) is 0.495. The third kappa shape index (κ3) is 3.50. The first-order valence-corrected chi connectivity index (χ1v) is 3.59. The Morgan fingerprint density at radius 1 is 1.64 bits per heavy atom. The monoisotopic (exact) mass is 153 g/mol. The molecule has 0 saturated carbocycles. The van der Waals surface area contributed by atoms with E-state index < -0.39 is 0 Å². The van der Waals surface area contributed by atoms with Gasteiger partial charge in [0.15, 0.2) is 0 Å². The second-order valence-corrected chi connectivity index (χ2v) is 2.04. The molecule has 0 saturated heterocycles. The van der Waals surface area contributed by atoms with Crippen LogP contribution in [0.1, 0.15) is 13.3 Å². The van der Waals surface area contributed by atoms with E-state index in [2.05, 4.69) is 6.58 Å². The summed E-state index contributed by atoms with van der Waals surface area (Å²) in [6, 6.07) is 0. The molecular weight excluding hydrogens is 138 g/mol. The van der Waals surface area contributed by atoms with E-state index in [1.165, 1.54) is 0 Å². The van der Waals surface area contributed by atoms with Gasteiger partial charge in [-0.25, -0.2) is 0 Å². The van der Waals surface area contributed by atoms with Crippen molar-refractivity contribution in [3.63, 3.8) is 0 Å². The van der Waals surface area contributed by atoms with Gasteiger partial charge >= 0.3 is 0 Å². The van der Waals surface area contributed by atoms with E-state index in [0.717, 1.165) is 6.42 Å². The van der Waals surface area contributed by atoms with Gasteiger partial charge in [0, 0.05) is 0 Å². The second kappa shape index (κ2) is 5.59. The smallest absolute Gasteiger partial charge is 0.137 e. The average molecular weight is 153 g/mol. The molecule has 0 bridgehead atoms. The Labute approximate surface area is 68.0 Å². The molecule has 2 nitrogen and oxygen atoms in total. The highest BCUT2D eigenvalue weighted by molar-refractivity contribution is 5.25. The molecule has 0 fully saturated rings. The van der Waals surface area contributed by atoms with E-state index >= 15 is 0 Å². The summed E-state index contributed by atoms with van der Waals surface area (Å²) in [6.45, 7) is 5.57. The summed E-state index contributed by atoms with van der Waals surface area (Å²) in [5.41, 5.74) is 6.24. The molecule has 0 aromatic carbocycles. The van der Waals surface area contributed by atoms with Gasteiger partial charge in [0.2, 0.25) is 0 Å².